The molecule has 2 rings (SSSR count). The number of likely N-dealkylation sites (N-methyl/N-ethyl adjacent to an activating group) is 1. The molecule has 0 bridgehead atoms. The molecule has 1 unspecified atom stereocenters. The first-order valence-corrected chi connectivity index (χ1v) is 7.45. The SMILES string of the molecule is CCSc1cc2c(s1)CCN(C)CC2C. The van der Waals surface area contributed by atoms with Crippen LogP contribution in [0.15, 0.2) is 10.3 Å². The summed E-state index contributed by atoms with van der Waals surface area (Å²) >= 11 is 4.00. The topological polar surface area (TPSA) is 3.24 Å². The largest absolute Gasteiger partial charge is 0.305 e. The summed E-state index contributed by atoms with van der Waals surface area (Å²) in [6, 6.07) is 2.43. The molecule has 0 saturated heterocycles. The van der Waals surface area contributed by atoms with Crippen LogP contribution in [0.1, 0.15) is 30.2 Å². The fraction of sp³-hybridized carbons (Fsp3) is 0.667. The van der Waals surface area contributed by atoms with E-state index in [1.54, 1.807) is 10.4 Å². The summed E-state index contributed by atoms with van der Waals surface area (Å²) in [4.78, 5) is 4.08. The third-order valence-corrected chi connectivity index (χ3v) is 5.24. The van der Waals surface area contributed by atoms with Gasteiger partial charge in [0.15, 0.2) is 0 Å². The number of fused-ring (bicyclic) bond motifs is 1. The second-order valence-corrected chi connectivity index (χ2v) is 6.99. The third kappa shape index (κ3) is 2.58. The van der Waals surface area contributed by atoms with Gasteiger partial charge in [-0.15, -0.1) is 23.1 Å². The Hall–Kier alpha value is 0.01000. The first-order valence-electron chi connectivity index (χ1n) is 5.64. The Morgan fingerprint density at radius 2 is 2.40 bits per heavy atom. The summed E-state index contributed by atoms with van der Waals surface area (Å²) in [5.41, 5.74) is 1.61. The molecule has 1 aromatic rings. The van der Waals surface area contributed by atoms with Gasteiger partial charge in [-0.1, -0.05) is 13.8 Å². The summed E-state index contributed by atoms with van der Waals surface area (Å²) in [5.74, 6) is 1.89. The zero-order valence-corrected chi connectivity index (χ0v) is 11.4. The van der Waals surface area contributed by atoms with Crippen molar-refractivity contribution >= 4 is 23.1 Å². The van der Waals surface area contributed by atoms with Gasteiger partial charge in [0.25, 0.3) is 0 Å². The van der Waals surface area contributed by atoms with Crippen molar-refractivity contribution in [3.8, 4) is 0 Å². The second kappa shape index (κ2) is 4.89. The normalized spacial score (nSPS) is 22.5. The molecule has 1 aliphatic rings. The van der Waals surface area contributed by atoms with Gasteiger partial charge >= 0.3 is 0 Å². The maximum absolute atomic E-state index is 2.45. The van der Waals surface area contributed by atoms with Gasteiger partial charge in [0.1, 0.15) is 0 Å². The Labute approximate surface area is 101 Å². The van der Waals surface area contributed by atoms with E-state index in [0.717, 1.165) is 0 Å². The van der Waals surface area contributed by atoms with Crippen LogP contribution in [0.3, 0.4) is 0 Å². The Balaban J connectivity index is 2.23. The number of rotatable bonds is 2. The molecule has 15 heavy (non-hydrogen) atoms. The van der Waals surface area contributed by atoms with Gasteiger partial charge in [0.05, 0.1) is 4.21 Å². The van der Waals surface area contributed by atoms with Crippen molar-refractivity contribution in [3.63, 3.8) is 0 Å². The lowest BCUT2D eigenvalue weighted by molar-refractivity contribution is 0.332. The predicted octanol–water partition coefficient (Wildman–Crippen LogP) is 3.45. The van der Waals surface area contributed by atoms with Crippen molar-refractivity contribution in [1.82, 2.24) is 4.90 Å². The molecular formula is C12H19NS2. The molecule has 1 atom stereocenters. The maximum Gasteiger partial charge on any atom is 0.0604 e. The molecule has 0 N–H and O–H groups in total. The van der Waals surface area contributed by atoms with E-state index in [2.05, 4.69) is 31.9 Å². The molecule has 0 spiro atoms. The Morgan fingerprint density at radius 1 is 1.60 bits per heavy atom. The average Bonchev–Trinajstić information content (AvgIpc) is 2.53. The minimum atomic E-state index is 0.704. The van der Waals surface area contributed by atoms with Crippen molar-refractivity contribution in [3.05, 3.63) is 16.5 Å². The molecule has 0 aromatic carbocycles. The Kier molecular flexibility index (Phi) is 3.75. The fourth-order valence-corrected chi connectivity index (χ4v) is 4.58. The van der Waals surface area contributed by atoms with Crippen molar-refractivity contribution in [2.45, 2.75) is 30.4 Å². The molecule has 2 heterocycles. The number of hydrogen-bond acceptors (Lipinski definition) is 3. The number of thiophene rings is 1. The van der Waals surface area contributed by atoms with Crippen LogP contribution < -0.4 is 0 Å². The van der Waals surface area contributed by atoms with Crippen LogP contribution in [0.4, 0.5) is 0 Å². The van der Waals surface area contributed by atoms with E-state index < -0.39 is 0 Å². The fourth-order valence-electron chi connectivity index (χ4n) is 2.19. The van der Waals surface area contributed by atoms with E-state index in [1.807, 2.05) is 23.1 Å². The molecule has 84 valence electrons. The zero-order chi connectivity index (χ0) is 10.8. The molecule has 0 saturated carbocycles. The van der Waals surface area contributed by atoms with Crippen molar-refractivity contribution in [2.75, 3.05) is 25.9 Å². The van der Waals surface area contributed by atoms with E-state index in [4.69, 9.17) is 0 Å². The van der Waals surface area contributed by atoms with E-state index in [9.17, 15) is 0 Å². The molecule has 1 aromatic heterocycles. The van der Waals surface area contributed by atoms with Gasteiger partial charge in [0, 0.05) is 18.0 Å². The molecule has 0 aliphatic carbocycles. The highest BCUT2D eigenvalue weighted by Gasteiger charge is 2.20. The van der Waals surface area contributed by atoms with Crippen LogP contribution >= 0.6 is 23.1 Å². The van der Waals surface area contributed by atoms with Crippen LogP contribution in [-0.2, 0) is 6.42 Å². The van der Waals surface area contributed by atoms with Crippen molar-refractivity contribution in [2.24, 2.45) is 0 Å². The lowest BCUT2D eigenvalue weighted by Gasteiger charge is -2.16. The minimum absolute atomic E-state index is 0.704. The third-order valence-electron chi connectivity index (χ3n) is 2.94. The van der Waals surface area contributed by atoms with Crippen LogP contribution in [0.5, 0.6) is 0 Å². The number of hydrogen-bond donors (Lipinski definition) is 0. The second-order valence-electron chi connectivity index (χ2n) is 4.29. The molecule has 1 aliphatic heterocycles. The summed E-state index contributed by atoms with van der Waals surface area (Å²) in [7, 11) is 2.23. The van der Waals surface area contributed by atoms with Crippen LogP contribution in [0.25, 0.3) is 0 Å². The lowest BCUT2D eigenvalue weighted by Crippen LogP contribution is -2.22. The molecule has 3 heteroatoms. The maximum atomic E-state index is 2.45. The van der Waals surface area contributed by atoms with E-state index in [1.165, 1.54) is 29.5 Å². The summed E-state index contributed by atoms with van der Waals surface area (Å²) in [5, 5.41) is 0. The van der Waals surface area contributed by atoms with Gasteiger partial charge in [-0.25, -0.2) is 0 Å². The molecular weight excluding hydrogens is 222 g/mol. The van der Waals surface area contributed by atoms with Crippen LogP contribution in [-0.4, -0.2) is 30.8 Å². The van der Waals surface area contributed by atoms with Crippen LogP contribution in [0.2, 0.25) is 0 Å². The smallest absolute Gasteiger partial charge is 0.0604 e. The Bertz CT molecular complexity index is 332. The van der Waals surface area contributed by atoms with E-state index >= 15 is 0 Å². The monoisotopic (exact) mass is 241 g/mol. The highest BCUT2D eigenvalue weighted by Crippen LogP contribution is 2.36. The van der Waals surface area contributed by atoms with Gasteiger partial charge in [-0.05, 0) is 36.8 Å². The van der Waals surface area contributed by atoms with Gasteiger partial charge < -0.3 is 4.90 Å². The van der Waals surface area contributed by atoms with Crippen LogP contribution in [0, 0.1) is 0 Å². The summed E-state index contributed by atoms with van der Waals surface area (Å²) < 4.78 is 1.51. The molecule has 0 radical (unpaired) electrons. The number of nitrogens with zero attached hydrogens (tertiary/aromatic N) is 1. The summed E-state index contributed by atoms with van der Waals surface area (Å²) in [6.07, 6.45) is 1.24. The van der Waals surface area contributed by atoms with Gasteiger partial charge in [-0.3, -0.25) is 0 Å². The first kappa shape index (κ1) is 11.5. The molecule has 0 amide bonds. The first-order chi connectivity index (χ1) is 7.20. The van der Waals surface area contributed by atoms with E-state index in [0.29, 0.717) is 5.92 Å². The lowest BCUT2D eigenvalue weighted by atomic mass is 10.0. The Morgan fingerprint density at radius 3 is 3.13 bits per heavy atom. The molecule has 0 fully saturated rings. The van der Waals surface area contributed by atoms with Gasteiger partial charge in [-0.2, -0.15) is 0 Å². The number of thioether (sulfide) groups is 1. The predicted molar refractivity (Wildman–Crippen MR) is 70.3 cm³/mol. The van der Waals surface area contributed by atoms with E-state index in [-0.39, 0.29) is 0 Å². The minimum Gasteiger partial charge on any atom is -0.305 e. The highest BCUT2D eigenvalue weighted by molar-refractivity contribution is 8.01. The standard InChI is InChI=1S/C12H19NS2/c1-4-14-12-7-10-9(2)8-13(3)6-5-11(10)15-12/h7,9H,4-6,8H2,1-3H3. The highest BCUT2D eigenvalue weighted by atomic mass is 32.2. The average molecular weight is 241 g/mol. The summed E-state index contributed by atoms with van der Waals surface area (Å²) in [6.45, 7) is 7.01. The van der Waals surface area contributed by atoms with Crippen molar-refractivity contribution in [1.29, 1.82) is 0 Å². The van der Waals surface area contributed by atoms with Gasteiger partial charge in [0.2, 0.25) is 0 Å². The zero-order valence-electron chi connectivity index (χ0n) is 9.75. The quantitative estimate of drug-likeness (QED) is 0.730. The molecule has 1 nitrogen and oxygen atoms in total. The van der Waals surface area contributed by atoms with Crippen molar-refractivity contribution < 1.29 is 0 Å².